The Labute approximate surface area is 79.6 Å². The van der Waals surface area contributed by atoms with Crippen LogP contribution in [-0.4, -0.2) is 23.7 Å². The van der Waals surface area contributed by atoms with Crippen LogP contribution < -0.4 is 11.5 Å². The first kappa shape index (κ1) is 12.4. The molecular formula is C9H20N2O2. The molecule has 2 atom stereocenters. The predicted octanol–water partition coefficient (Wildman–Crippen LogP) is 0.393. The molecule has 0 heterocycles. The van der Waals surface area contributed by atoms with E-state index >= 15 is 0 Å². The molecular weight excluding hydrogens is 168 g/mol. The number of rotatable bonds is 3. The lowest BCUT2D eigenvalue weighted by atomic mass is 10.1. The van der Waals surface area contributed by atoms with E-state index in [4.69, 9.17) is 16.2 Å². The number of hydrogen-bond acceptors (Lipinski definition) is 4. The van der Waals surface area contributed by atoms with Crippen LogP contribution in [0, 0.1) is 0 Å². The van der Waals surface area contributed by atoms with Crippen LogP contribution in [0.15, 0.2) is 0 Å². The van der Waals surface area contributed by atoms with Crippen molar-refractivity contribution in [2.24, 2.45) is 11.5 Å². The van der Waals surface area contributed by atoms with Gasteiger partial charge >= 0.3 is 5.97 Å². The maximum atomic E-state index is 11.3. The van der Waals surface area contributed by atoms with E-state index in [-0.39, 0.29) is 6.04 Å². The molecule has 0 aromatic heterocycles. The van der Waals surface area contributed by atoms with Crippen molar-refractivity contribution in [2.75, 3.05) is 0 Å². The molecule has 0 bridgehead atoms. The number of nitrogens with two attached hydrogens (primary N) is 2. The van der Waals surface area contributed by atoms with Crippen molar-refractivity contribution in [3.63, 3.8) is 0 Å². The van der Waals surface area contributed by atoms with E-state index in [1.807, 2.05) is 6.92 Å². The number of carbonyl (C=O) groups is 1. The number of esters is 1. The third-order valence-electron chi connectivity index (χ3n) is 1.61. The summed E-state index contributed by atoms with van der Waals surface area (Å²) in [5, 5.41) is 0. The molecule has 0 amide bonds. The van der Waals surface area contributed by atoms with Crippen LogP contribution >= 0.6 is 0 Å². The van der Waals surface area contributed by atoms with E-state index in [2.05, 4.69) is 0 Å². The Morgan fingerprint density at radius 2 is 1.85 bits per heavy atom. The maximum absolute atomic E-state index is 11.3. The van der Waals surface area contributed by atoms with Crippen molar-refractivity contribution < 1.29 is 9.53 Å². The van der Waals surface area contributed by atoms with Gasteiger partial charge in [-0.05, 0) is 27.2 Å². The molecule has 4 heteroatoms. The second-order valence-corrected chi connectivity index (χ2v) is 4.13. The molecule has 0 spiro atoms. The van der Waals surface area contributed by atoms with Gasteiger partial charge in [-0.3, -0.25) is 4.79 Å². The highest BCUT2D eigenvalue weighted by Gasteiger charge is 2.25. The molecule has 0 aromatic rings. The Morgan fingerprint density at radius 1 is 1.38 bits per heavy atom. The average molecular weight is 188 g/mol. The van der Waals surface area contributed by atoms with E-state index in [1.54, 1.807) is 20.8 Å². The van der Waals surface area contributed by atoms with Crippen LogP contribution in [0.4, 0.5) is 0 Å². The van der Waals surface area contributed by atoms with Crippen molar-refractivity contribution in [3.05, 3.63) is 0 Å². The van der Waals surface area contributed by atoms with Gasteiger partial charge in [0, 0.05) is 6.04 Å². The zero-order valence-corrected chi connectivity index (χ0v) is 8.83. The molecule has 4 N–H and O–H groups in total. The number of hydrogen-bond donors (Lipinski definition) is 2. The molecule has 0 fully saturated rings. The lowest BCUT2D eigenvalue weighted by Gasteiger charge is -2.24. The Balaban J connectivity index is 4.12. The number of ether oxygens (including phenoxy) is 1. The minimum Gasteiger partial charge on any atom is -0.459 e. The van der Waals surface area contributed by atoms with Gasteiger partial charge in [0.25, 0.3) is 0 Å². The summed E-state index contributed by atoms with van der Waals surface area (Å²) in [6, 6.07) is -1.04. The van der Waals surface area contributed by atoms with Gasteiger partial charge in [0.15, 0.2) is 0 Å². The summed E-state index contributed by atoms with van der Waals surface area (Å²) in [6.45, 7) is 7.29. The summed E-state index contributed by atoms with van der Waals surface area (Å²) < 4.78 is 5.08. The molecule has 78 valence electrons. The topological polar surface area (TPSA) is 78.3 Å². The van der Waals surface area contributed by atoms with Gasteiger partial charge in [-0.25, -0.2) is 0 Å². The minimum atomic E-state index is -0.718. The van der Waals surface area contributed by atoms with Gasteiger partial charge in [0.05, 0.1) is 0 Å². The quantitative estimate of drug-likeness (QED) is 0.628. The molecule has 0 saturated heterocycles. The molecule has 4 nitrogen and oxygen atoms in total. The first-order chi connectivity index (χ1) is 5.78. The highest BCUT2D eigenvalue weighted by molar-refractivity contribution is 5.76. The van der Waals surface area contributed by atoms with Crippen LogP contribution in [0.3, 0.4) is 0 Å². The third kappa shape index (κ3) is 4.85. The van der Waals surface area contributed by atoms with Gasteiger partial charge in [-0.15, -0.1) is 0 Å². The molecule has 0 rings (SSSR count). The van der Waals surface area contributed by atoms with Crippen LogP contribution in [0.2, 0.25) is 0 Å². The van der Waals surface area contributed by atoms with Crippen LogP contribution in [0.5, 0.6) is 0 Å². The van der Waals surface area contributed by atoms with Crippen molar-refractivity contribution in [1.82, 2.24) is 0 Å². The van der Waals surface area contributed by atoms with Gasteiger partial charge in [0.1, 0.15) is 11.6 Å². The zero-order chi connectivity index (χ0) is 10.6. The smallest absolute Gasteiger partial charge is 0.325 e. The van der Waals surface area contributed by atoms with E-state index in [0.29, 0.717) is 6.42 Å². The summed E-state index contributed by atoms with van der Waals surface area (Å²) in [5.41, 5.74) is 10.7. The second-order valence-electron chi connectivity index (χ2n) is 4.13. The maximum Gasteiger partial charge on any atom is 0.325 e. The standard InChI is InChI=1S/C9H20N2O2/c1-5-6(10)7(11)8(12)13-9(2,3)4/h6-7H,5,10-11H2,1-4H3. The first-order valence-corrected chi connectivity index (χ1v) is 4.52. The summed E-state index contributed by atoms with van der Waals surface area (Å²) in [6.07, 6.45) is 0.667. The van der Waals surface area contributed by atoms with Crippen LogP contribution in [0.1, 0.15) is 34.1 Å². The second kappa shape index (κ2) is 4.58. The molecule has 0 saturated carbocycles. The average Bonchev–Trinajstić information content (AvgIpc) is 1.98. The lowest BCUT2D eigenvalue weighted by molar-refractivity contribution is -0.157. The van der Waals surface area contributed by atoms with Crippen LogP contribution in [0.25, 0.3) is 0 Å². The van der Waals surface area contributed by atoms with E-state index < -0.39 is 17.6 Å². The van der Waals surface area contributed by atoms with Crippen molar-refractivity contribution in [2.45, 2.75) is 51.8 Å². The molecule has 0 radical (unpaired) electrons. The van der Waals surface area contributed by atoms with Gasteiger partial charge in [-0.2, -0.15) is 0 Å². The molecule has 0 aliphatic carbocycles. The summed E-state index contributed by atoms with van der Waals surface area (Å²) in [4.78, 5) is 11.3. The van der Waals surface area contributed by atoms with E-state index in [0.717, 1.165) is 0 Å². The van der Waals surface area contributed by atoms with E-state index in [9.17, 15) is 4.79 Å². The van der Waals surface area contributed by atoms with Crippen molar-refractivity contribution in [3.8, 4) is 0 Å². The summed E-state index contributed by atoms with van der Waals surface area (Å²) >= 11 is 0. The van der Waals surface area contributed by atoms with Crippen molar-refractivity contribution in [1.29, 1.82) is 0 Å². The normalized spacial score (nSPS) is 16.5. The van der Waals surface area contributed by atoms with Crippen molar-refractivity contribution >= 4 is 5.97 Å². The third-order valence-corrected chi connectivity index (χ3v) is 1.61. The molecule has 13 heavy (non-hydrogen) atoms. The summed E-state index contributed by atoms with van der Waals surface area (Å²) in [7, 11) is 0. The fourth-order valence-electron chi connectivity index (χ4n) is 0.799. The Kier molecular flexibility index (Phi) is 4.36. The minimum absolute atomic E-state index is 0.324. The highest BCUT2D eigenvalue weighted by atomic mass is 16.6. The van der Waals surface area contributed by atoms with Gasteiger partial charge in [-0.1, -0.05) is 6.92 Å². The molecule has 2 unspecified atom stereocenters. The summed E-state index contributed by atoms with van der Waals surface area (Å²) in [5.74, 6) is -0.429. The monoisotopic (exact) mass is 188 g/mol. The fourth-order valence-corrected chi connectivity index (χ4v) is 0.799. The first-order valence-electron chi connectivity index (χ1n) is 4.52. The molecule has 0 aliphatic rings. The number of carbonyl (C=O) groups excluding carboxylic acids is 1. The Bertz CT molecular complexity index is 175. The zero-order valence-electron chi connectivity index (χ0n) is 8.83. The Hall–Kier alpha value is -0.610. The molecule has 0 aliphatic heterocycles. The predicted molar refractivity (Wildman–Crippen MR) is 52.1 cm³/mol. The van der Waals surface area contributed by atoms with Crippen LogP contribution in [-0.2, 0) is 9.53 Å². The highest BCUT2D eigenvalue weighted by Crippen LogP contribution is 2.09. The van der Waals surface area contributed by atoms with Gasteiger partial charge in [0.2, 0.25) is 0 Å². The van der Waals surface area contributed by atoms with Gasteiger partial charge < -0.3 is 16.2 Å². The Morgan fingerprint density at radius 3 is 2.15 bits per heavy atom. The SMILES string of the molecule is CCC(N)C(N)C(=O)OC(C)(C)C. The molecule has 0 aromatic carbocycles. The fraction of sp³-hybridized carbons (Fsp3) is 0.889. The lowest BCUT2D eigenvalue weighted by Crippen LogP contribution is -2.49. The largest absolute Gasteiger partial charge is 0.459 e. The van der Waals surface area contributed by atoms with E-state index in [1.165, 1.54) is 0 Å².